The molecule has 2 aromatic rings. The van der Waals surface area contributed by atoms with E-state index in [0.29, 0.717) is 0 Å². The van der Waals surface area contributed by atoms with E-state index in [1.54, 1.807) is 0 Å². The summed E-state index contributed by atoms with van der Waals surface area (Å²) in [5, 5.41) is 2.15. The van der Waals surface area contributed by atoms with Crippen LogP contribution in [0.5, 0.6) is 5.75 Å². The highest BCUT2D eigenvalue weighted by Crippen LogP contribution is 2.37. The smallest absolute Gasteiger partial charge is 0.416 e. The monoisotopic (exact) mass is 512 g/mol. The second-order valence-electron chi connectivity index (χ2n) is 7.13. The van der Waals surface area contributed by atoms with Crippen molar-refractivity contribution in [2.24, 2.45) is 0 Å². The number of morpholine rings is 1. The molecular weight excluding hydrogens is 494 g/mol. The number of methoxy groups -OCH3 is 1. The first kappa shape index (κ1) is 25.8. The molecule has 3 rings (SSSR count). The van der Waals surface area contributed by atoms with Gasteiger partial charge >= 0.3 is 12.4 Å². The van der Waals surface area contributed by atoms with Gasteiger partial charge in [0, 0.05) is 24.3 Å². The summed E-state index contributed by atoms with van der Waals surface area (Å²) < 4.78 is 116. The van der Waals surface area contributed by atoms with Crippen LogP contribution < -0.4 is 10.1 Å². The van der Waals surface area contributed by atoms with Crippen LogP contribution in [0.15, 0.2) is 41.3 Å². The van der Waals surface area contributed by atoms with E-state index >= 15 is 0 Å². The zero-order valence-corrected chi connectivity index (χ0v) is 18.3. The number of nitrogens with zero attached hydrogens (tertiary/aromatic N) is 1. The topological polar surface area (TPSA) is 84.9 Å². The van der Waals surface area contributed by atoms with Gasteiger partial charge in [-0.3, -0.25) is 4.79 Å². The van der Waals surface area contributed by atoms with E-state index in [1.165, 1.54) is 19.2 Å². The van der Waals surface area contributed by atoms with Crippen molar-refractivity contribution in [3.63, 3.8) is 0 Å². The van der Waals surface area contributed by atoms with Crippen molar-refractivity contribution in [2.45, 2.75) is 17.2 Å². The van der Waals surface area contributed by atoms with Crippen LogP contribution in [0.2, 0.25) is 0 Å². The Kier molecular flexibility index (Phi) is 7.15. The van der Waals surface area contributed by atoms with E-state index in [0.717, 1.165) is 10.4 Å². The van der Waals surface area contributed by atoms with Crippen LogP contribution in [0.3, 0.4) is 0 Å². The van der Waals surface area contributed by atoms with Crippen LogP contribution in [0.1, 0.15) is 21.5 Å². The molecule has 1 fully saturated rings. The Balaban J connectivity index is 1.97. The van der Waals surface area contributed by atoms with Crippen molar-refractivity contribution in [2.75, 3.05) is 38.7 Å². The van der Waals surface area contributed by atoms with E-state index in [4.69, 9.17) is 9.47 Å². The van der Waals surface area contributed by atoms with Gasteiger partial charge in [-0.25, -0.2) is 8.42 Å². The minimum absolute atomic E-state index is 0.0620. The molecule has 0 saturated carbocycles. The SMILES string of the molecule is COc1ccc(NC(=O)c2cc(C(F)(F)F)cc(C(F)(F)F)c2)cc1S(=O)(=O)N1CCOCC1. The number of amides is 1. The van der Waals surface area contributed by atoms with E-state index in [1.807, 2.05) is 0 Å². The summed E-state index contributed by atoms with van der Waals surface area (Å²) in [5.41, 5.74) is -4.39. The van der Waals surface area contributed by atoms with E-state index in [2.05, 4.69) is 5.32 Å². The number of nitrogens with one attached hydrogen (secondary N) is 1. The highest BCUT2D eigenvalue weighted by molar-refractivity contribution is 7.89. The lowest BCUT2D eigenvalue weighted by atomic mass is 10.0. The predicted octanol–water partition coefficient (Wildman–Crippen LogP) is 4.01. The lowest BCUT2D eigenvalue weighted by Gasteiger charge is -2.26. The average Bonchev–Trinajstić information content (AvgIpc) is 2.78. The van der Waals surface area contributed by atoms with Gasteiger partial charge in [-0.2, -0.15) is 30.6 Å². The molecule has 1 amide bonds. The standard InChI is InChI=1S/C20H18F6N2O5S/c1-32-16-3-2-15(11-17(16)34(30,31)28-4-6-33-7-5-28)27-18(29)12-8-13(19(21,22)23)10-14(9-12)20(24,25)26/h2-3,8-11H,4-7H2,1H3,(H,27,29). The van der Waals surface area contributed by atoms with Crippen molar-refractivity contribution >= 4 is 21.6 Å². The van der Waals surface area contributed by atoms with Gasteiger partial charge in [-0.15, -0.1) is 0 Å². The van der Waals surface area contributed by atoms with Crippen LogP contribution in [-0.2, 0) is 27.1 Å². The maximum absolute atomic E-state index is 13.1. The Bertz CT molecular complexity index is 1140. The number of anilines is 1. The number of hydrogen-bond donors (Lipinski definition) is 1. The van der Waals surface area contributed by atoms with Crippen molar-refractivity contribution < 1.29 is 49.0 Å². The highest BCUT2D eigenvalue weighted by atomic mass is 32.2. The molecule has 0 unspecified atom stereocenters. The van der Waals surface area contributed by atoms with Gasteiger partial charge in [-0.05, 0) is 36.4 Å². The predicted molar refractivity (Wildman–Crippen MR) is 107 cm³/mol. The number of halogens is 6. The van der Waals surface area contributed by atoms with Gasteiger partial charge in [0.2, 0.25) is 10.0 Å². The van der Waals surface area contributed by atoms with Gasteiger partial charge in [0.25, 0.3) is 5.91 Å². The first-order valence-corrected chi connectivity index (χ1v) is 11.0. The molecule has 0 atom stereocenters. The van der Waals surface area contributed by atoms with Gasteiger partial charge in [0.1, 0.15) is 10.6 Å². The van der Waals surface area contributed by atoms with Crippen LogP contribution in [0.25, 0.3) is 0 Å². The number of rotatable bonds is 5. The Morgan fingerprint density at radius 1 is 0.971 bits per heavy atom. The third-order valence-electron chi connectivity index (χ3n) is 4.86. The Morgan fingerprint density at radius 2 is 1.53 bits per heavy atom. The number of sulfonamides is 1. The number of alkyl halides is 6. The molecule has 0 aliphatic carbocycles. The number of ether oxygens (including phenoxy) is 2. The molecule has 186 valence electrons. The fourth-order valence-electron chi connectivity index (χ4n) is 3.17. The molecule has 0 spiro atoms. The summed E-state index contributed by atoms with van der Waals surface area (Å²) in [6, 6.07) is 3.87. The van der Waals surface area contributed by atoms with Crippen molar-refractivity contribution in [1.82, 2.24) is 4.31 Å². The highest BCUT2D eigenvalue weighted by Gasteiger charge is 2.37. The molecule has 0 aromatic heterocycles. The van der Waals surface area contributed by atoms with Crippen molar-refractivity contribution in [3.8, 4) is 5.75 Å². The Morgan fingerprint density at radius 3 is 2.03 bits per heavy atom. The van der Waals surface area contributed by atoms with Gasteiger partial charge in [-0.1, -0.05) is 0 Å². The Labute approximate surface area is 190 Å². The molecule has 2 aromatic carbocycles. The third-order valence-corrected chi connectivity index (χ3v) is 6.78. The van der Waals surface area contributed by atoms with Gasteiger partial charge in [0.05, 0.1) is 31.5 Å². The molecular formula is C20H18F6N2O5S. The molecule has 1 saturated heterocycles. The number of carbonyl (C=O) groups is 1. The zero-order chi connectivity index (χ0) is 25.3. The van der Waals surface area contributed by atoms with E-state index in [9.17, 15) is 39.6 Å². The molecule has 34 heavy (non-hydrogen) atoms. The van der Waals surface area contributed by atoms with Gasteiger partial charge < -0.3 is 14.8 Å². The lowest BCUT2D eigenvalue weighted by molar-refractivity contribution is -0.143. The maximum Gasteiger partial charge on any atom is 0.416 e. The lowest BCUT2D eigenvalue weighted by Crippen LogP contribution is -2.40. The number of benzene rings is 2. The second kappa shape index (κ2) is 9.43. The maximum atomic E-state index is 13.1. The first-order chi connectivity index (χ1) is 15.7. The zero-order valence-electron chi connectivity index (χ0n) is 17.5. The number of hydrogen-bond acceptors (Lipinski definition) is 5. The quantitative estimate of drug-likeness (QED) is 0.613. The van der Waals surface area contributed by atoms with Crippen LogP contribution >= 0.6 is 0 Å². The summed E-state index contributed by atoms with van der Waals surface area (Å²) in [6.07, 6.45) is -10.3. The summed E-state index contributed by atoms with van der Waals surface area (Å²) in [6.45, 7) is 0.448. The third kappa shape index (κ3) is 5.62. The number of carbonyl (C=O) groups excluding carboxylic acids is 1. The molecule has 1 N–H and O–H groups in total. The Hall–Kier alpha value is -2.84. The van der Waals surface area contributed by atoms with Crippen LogP contribution in [0, 0.1) is 0 Å². The normalized spacial score (nSPS) is 15.7. The van der Waals surface area contributed by atoms with Crippen LogP contribution in [-0.4, -0.2) is 52.0 Å². The minimum Gasteiger partial charge on any atom is -0.495 e. The summed E-state index contributed by atoms with van der Waals surface area (Å²) in [7, 11) is -2.88. The molecule has 0 bridgehead atoms. The van der Waals surface area contributed by atoms with E-state index in [-0.39, 0.29) is 60.8 Å². The minimum atomic E-state index is -5.13. The first-order valence-electron chi connectivity index (χ1n) is 9.60. The summed E-state index contributed by atoms with van der Waals surface area (Å²) in [5.74, 6) is -1.36. The fourth-order valence-corrected chi connectivity index (χ4v) is 4.76. The van der Waals surface area contributed by atoms with Crippen molar-refractivity contribution in [3.05, 3.63) is 53.1 Å². The van der Waals surface area contributed by atoms with Crippen molar-refractivity contribution in [1.29, 1.82) is 0 Å². The average molecular weight is 512 g/mol. The molecule has 1 aliphatic rings. The summed E-state index contributed by atoms with van der Waals surface area (Å²) in [4.78, 5) is 12.2. The van der Waals surface area contributed by atoms with Crippen LogP contribution in [0.4, 0.5) is 32.0 Å². The largest absolute Gasteiger partial charge is 0.495 e. The molecule has 1 heterocycles. The fraction of sp³-hybridized carbons (Fsp3) is 0.350. The summed E-state index contributed by atoms with van der Waals surface area (Å²) >= 11 is 0. The molecule has 1 aliphatic heterocycles. The molecule has 14 heteroatoms. The molecule has 7 nitrogen and oxygen atoms in total. The second-order valence-corrected chi connectivity index (χ2v) is 9.04. The van der Waals surface area contributed by atoms with Gasteiger partial charge in [0.15, 0.2) is 0 Å². The molecule has 0 radical (unpaired) electrons. The van der Waals surface area contributed by atoms with E-state index < -0.39 is 45.0 Å².